The predicted molar refractivity (Wildman–Crippen MR) is 80.6 cm³/mol. The van der Waals surface area contributed by atoms with E-state index in [-0.39, 0.29) is 11.3 Å². The van der Waals surface area contributed by atoms with Crippen LogP contribution >= 0.6 is 0 Å². The third-order valence-corrected chi connectivity index (χ3v) is 2.64. The van der Waals surface area contributed by atoms with E-state index in [0.29, 0.717) is 12.1 Å². The van der Waals surface area contributed by atoms with Gasteiger partial charge in [0.1, 0.15) is 0 Å². The van der Waals surface area contributed by atoms with E-state index in [1.807, 2.05) is 39.8 Å². The van der Waals surface area contributed by atoms with Crippen molar-refractivity contribution in [2.45, 2.75) is 34.1 Å². The Morgan fingerprint density at radius 1 is 1.30 bits per heavy atom. The summed E-state index contributed by atoms with van der Waals surface area (Å²) in [4.78, 5) is 22.4. The Morgan fingerprint density at radius 2 is 1.95 bits per heavy atom. The van der Waals surface area contributed by atoms with Gasteiger partial charge in [-0.05, 0) is 35.6 Å². The Morgan fingerprint density at radius 3 is 2.50 bits per heavy atom. The van der Waals surface area contributed by atoms with Crippen molar-refractivity contribution >= 4 is 23.6 Å². The molecule has 2 N–H and O–H groups in total. The number of carbonyl (C=O) groups is 2. The largest absolute Gasteiger partial charge is 0.478 e. The molecule has 0 heterocycles. The first-order chi connectivity index (χ1) is 9.17. The summed E-state index contributed by atoms with van der Waals surface area (Å²) in [5.74, 6) is -1.04. The van der Waals surface area contributed by atoms with E-state index < -0.39 is 5.97 Å². The van der Waals surface area contributed by atoms with E-state index in [1.54, 1.807) is 6.07 Å². The van der Waals surface area contributed by atoms with Gasteiger partial charge in [-0.3, -0.25) is 4.79 Å². The van der Waals surface area contributed by atoms with Crippen LogP contribution in [0.2, 0.25) is 0 Å². The van der Waals surface area contributed by atoms with Crippen molar-refractivity contribution < 1.29 is 14.7 Å². The minimum Gasteiger partial charge on any atom is -0.478 e. The lowest BCUT2D eigenvalue weighted by Gasteiger charge is -2.18. The fraction of sp³-hybridized carbons (Fsp3) is 0.375. The minimum atomic E-state index is -0.996. The van der Waals surface area contributed by atoms with Gasteiger partial charge in [-0.2, -0.15) is 0 Å². The highest BCUT2D eigenvalue weighted by atomic mass is 16.4. The fourth-order valence-electron chi connectivity index (χ4n) is 1.72. The number of hydrogen-bond acceptors (Lipinski definition) is 2. The number of anilines is 1. The molecule has 0 fully saturated rings. The van der Waals surface area contributed by atoms with Crippen LogP contribution < -0.4 is 5.32 Å². The van der Waals surface area contributed by atoms with Gasteiger partial charge >= 0.3 is 5.97 Å². The normalized spacial score (nSPS) is 11.6. The van der Waals surface area contributed by atoms with Gasteiger partial charge in [-0.15, -0.1) is 0 Å². The van der Waals surface area contributed by atoms with Gasteiger partial charge in [0.15, 0.2) is 0 Å². The number of benzene rings is 1. The number of amides is 1. The van der Waals surface area contributed by atoms with Gasteiger partial charge in [-0.25, -0.2) is 4.79 Å². The van der Waals surface area contributed by atoms with E-state index in [2.05, 4.69) is 5.32 Å². The molecule has 0 bridgehead atoms. The van der Waals surface area contributed by atoms with E-state index in [9.17, 15) is 9.59 Å². The van der Waals surface area contributed by atoms with Crippen LogP contribution in [0.5, 0.6) is 0 Å². The van der Waals surface area contributed by atoms with Gasteiger partial charge in [0.2, 0.25) is 5.91 Å². The maximum absolute atomic E-state index is 11.9. The monoisotopic (exact) mass is 275 g/mol. The average Bonchev–Trinajstić information content (AvgIpc) is 2.27. The molecule has 0 saturated carbocycles. The summed E-state index contributed by atoms with van der Waals surface area (Å²) in [6.45, 7) is 7.92. The third-order valence-electron chi connectivity index (χ3n) is 2.64. The lowest BCUT2D eigenvalue weighted by Crippen LogP contribution is -2.20. The van der Waals surface area contributed by atoms with Crippen molar-refractivity contribution in [3.63, 3.8) is 0 Å². The number of aliphatic carboxylic acids is 1. The van der Waals surface area contributed by atoms with Crippen molar-refractivity contribution in [1.82, 2.24) is 0 Å². The van der Waals surface area contributed by atoms with Gasteiger partial charge in [-0.1, -0.05) is 32.9 Å². The van der Waals surface area contributed by atoms with Crippen LogP contribution in [0.3, 0.4) is 0 Å². The summed E-state index contributed by atoms with van der Waals surface area (Å²) in [6.07, 6.45) is 3.01. The highest BCUT2D eigenvalue weighted by Crippen LogP contribution is 2.22. The van der Waals surface area contributed by atoms with E-state index in [0.717, 1.165) is 17.2 Å². The molecule has 0 aliphatic rings. The van der Waals surface area contributed by atoms with Crippen LogP contribution in [0, 0.1) is 12.3 Å². The zero-order valence-electron chi connectivity index (χ0n) is 12.4. The van der Waals surface area contributed by atoms with Gasteiger partial charge in [0.25, 0.3) is 0 Å². The maximum Gasteiger partial charge on any atom is 0.328 e. The topological polar surface area (TPSA) is 66.4 Å². The highest BCUT2D eigenvalue weighted by Gasteiger charge is 2.16. The molecular weight excluding hydrogens is 254 g/mol. The summed E-state index contributed by atoms with van der Waals surface area (Å²) < 4.78 is 0. The summed E-state index contributed by atoms with van der Waals surface area (Å²) in [6, 6.07) is 5.44. The standard InChI is InChI=1S/C16H21NO3/c1-11-5-6-12(7-8-15(19)20)9-13(11)17-14(18)10-16(2,3)4/h5-9H,10H2,1-4H3,(H,17,18)(H,19,20). The molecule has 4 nitrogen and oxygen atoms in total. The summed E-state index contributed by atoms with van der Waals surface area (Å²) in [7, 11) is 0. The molecule has 0 spiro atoms. The molecule has 0 unspecified atom stereocenters. The fourth-order valence-corrected chi connectivity index (χ4v) is 1.72. The van der Waals surface area contributed by atoms with Gasteiger partial charge in [0, 0.05) is 18.2 Å². The van der Waals surface area contributed by atoms with Crippen LogP contribution in [-0.4, -0.2) is 17.0 Å². The molecule has 1 aromatic carbocycles. The van der Waals surface area contributed by atoms with Crippen LogP contribution in [0.25, 0.3) is 6.08 Å². The van der Waals surface area contributed by atoms with Crippen molar-refractivity contribution in [2.24, 2.45) is 5.41 Å². The maximum atomic E-state index is 11.9. The summed E-state index contributed by atoms with van der Waals surface area (Å²) >= 11 is 0. The third kappa shape index (κ3) is 5.69. The molecule has 1 amide bonds. The molecule has 0 radical (unpaired) electrons. The number of nitrogens with one attached hydrogen (secondary N) is 1. The Hall–Kier alpha value is -2.10. The number of carboxylic acid groups (broad SMARTS) is 1. The molecule has 1 rings (SSSR count). The van der Waals surface area contributed by atoms with E-state index >= 15 is 0 Å². The highest BCUT2D eigenvalue weighted by molar-refractivity contribution is 5.92. The van der Waals surface area contributed by atoms with E-state index in [1.165, 1.54) is 6.08 Å². The lowest BCUT2D eigenvalue weighted by molar-refractivity contribution is -0.131. The molecule has 0 atom stereocenters. The zero-order valence-corrected chi connectivity index (χ0v) is 12.4. The first kappa shape index (κ1) is 16.0. The molecule has 0 saturated heterocycles. The van der Waals surface area contributed by atoms with Gasteiger partial charge < -0.3 is 10.4 Å². The summed E-state index contributed by atoms with van der Waals surface area (Å²) in [5.41, 5.74) is 2.33. The minimum absolute atomic E-state index is 0.0417. The molecular formula is C16H21NO3. The zero-order chi connectivity index (χ0) is 15.3. The van der Waals surface area contributed by atoms with Gasteiger partial charge in [0.05, 0.1) is 0 Å². The number of rotatable bonds is 4. The molecule has 0 aromatic heterocycles. The Balaban J connectivity index is 2.87. The second-order valence-electron chi connectivity index (χ2n) is 6.03. The first-order valence-electron chi connectivity index (χ1n) is 6.49. The molecule has 0 aliphatic carbocycles. The molecule has 0 aliphatic heterocycles. The molecule has 108 valence electrons. The molecule has 1 aromatic rings. The second kappa shape index (κ2) is 6.37. The van der Waals surface area contributed by atoms with Crippen LogP contribution in [0.4, 0.5) is 5.69 Å². The number of hydrogen-bond donors (Lipinski definition) is 2. The van der Waals surface area contributed by atoms with Crippen molar-refractivity contribution in [2.75, 3.05) is 5.32 Å². The van der Waals surface area contributed by atoms with Crippen LogP contribution in [0.15, 0.2) is 24.3 Å². The van der Waals surface area contributed by atoms with Crippen molar-refractivity contribution in [3.05, 3.63) is 35.4 Å². The van der Waals surface area contributed by atoms with Crippen LogP contribution in [-0.2, 0) is 9.59 Å². The quantitative estimate of drug-likeness (QED) is 0.827. The smallest absolute Gasteiger partial charge is 0.328 e. The summed E-state index contributed by atoms with van der Waals surface area (Å²) in [5, 5.41) is 11.5. The van der Waals surface area contributed by atoms with Crippen molar-refractivity contribution in [1.29, 1.82) is 0 Å². The molecule has 4 heteroatoms. The average molecular weight is 275 g/mol. The molecule has 20 heavy (non-hydrogen) atoms. The second-order valence-corrected chi connectivity index (χ2v) is 6.03. The van der Waals surface area contributed by atoms with Crippen LogP contribution in [0.1, 0.15) is 38.3 Å². The first-order valence-corrected chi connectivity index (χ1v) is 6.49. The van der Waals surface area contributed by atoms with Crippen molar-refractivity contribution in [3.8, 4) is 0 Å². The Kier molecular flexibility index (Phi) is 5.08. The number of carbonyl (C=O) groups excluding carboxylic acids is 1. The van der Waals surface area contributed by atoms with E-state index in [4.69, 9.17) is 5.11 Å². The number of carboxylic acids is 1. The number of aryl methyl sites for hydroxylation is 1. The predicted octanol–water partition coefficient (Wildman–Crippen LogP) is 3.47. The Bertz CT molecular complexity index is 539. The SMILES string of the molecule is Cc1ccc(C=CC(=O)O)cc1NC(=O)CC(C)(C)C. The lowest BCUT2D eigenvalue weighted by atomic mass is 9.92. The Labute approximate surface area is 119 Å².